The van der Waals surface area contributed by atoms with Crippen LogP contribution in [0.1, 0.15) is 0 Å². The summed E-state index contributed by atoms with van der Waals surface area (Å²) >= 11 is 3.59. The predicted molar refractivity (Wildman–Crippen MR) is 65.3 cm³/mol. The van der Waals surface area contributed by atoms with Crippen molar-refractivity contribution in [2.45, 2.75) is 9.92 Å². The molecule has 76 valence electrons. The van der Waals surface area contributed by atoms with E-state index in [0.29, 0.717) is 0 Å². The molecule has 0 bridgehead atoms. The molecule has 0 amide bonds. The number of benzene rings is 1. The van der Waals surface area contributed by atoms with Crippen LogP contribution in [0.3, 0.4) is 0 Å². The molecule has 1 aromatic heterocycles. The van der Waals surface area contributed by atoms with Crippen molar-refractivity contribution in [1.29, 1.82) is 0 Å². The second-order valence-electron chi connectivity index (χ2n) is 2.74. The molecule has 5 heteroatoms. The lowest BCUT2D eigenvalue weighted by molar-refractivity contribution is 0.624. The summed E-state index contributed by atoms with van der Waals surface area (Å²) < 4.78 is 13.9. The maximum absolute atomic E-state index is 12.9. The number of nitrogens with zero attached hydrogens (tertiary/aromatic N) is 2. The lowest BCUT2D eigenvalue weighted by atomic mass is 10.4. The average molecular weight is 332 g/mol. The van der Waals surface area contributed by atoms with E-state index >= 15 is 0 Å². The van der Waals surface area contributed by atoms with Gasteiger partial charge < -0.3 is 0 Å². The zero-order chi connectivity index (χ0) is 10.7. The molecule has 2 rings (SSSR count). The number of hydrogen-bond donors (Lipinski definition) is 0. The zero-order valence-electron chi connectivity index (χ0n) is 7.52. The highest BCUT2D eigenvalue weighted by atomic mass is 127. The van der Waals surface area contributed by atoms with Gasteiger partial charge in [0.15, 0.2) is 0 Å². The van der Waals surface area contributed by atoms with Gasteiger partial charge in [-0.2, -0.15) is 0 Å². The minimum absolute atomic E-state index is 0.232. The fraction of sp³-hybridized carbons (Fsp3) is 0. The first-order valence-electron chi connectivity index (χ1n) is 4.14. The highest BCUT2D eigenvalue weighted by Gasteiger charge is 2.03. The van der Waals surface area contributed by atoms with Gasteiger partial charge in [0.05, 0.1) is 3.57 Å². The molecular weight excluding hydrogens is 326 g/mol. The largest absolute Gasteiger partial charge is 0.244 e. The Kier molecular flexibility index (Phi) is 3.53. The number of hydrogen-bond acceptors (Lipinski definition) is 3. The molecule has 2 aromatic rings. The molecular formula is C10H6FIN2S. The van der Waals surface area contributed by atoms with Crippen molar-refractivity contribution < 1.29 is 4.39 Å². The topological polar surface area (TPSA) is 25.8 Å². The fourth-order valence-electron chi connectivity index (χ4n) is 1.02. The van der Waals surface area contributed by atoms with Crippen LogP contribution in [0.4, 0.5) is 4.39 Å². The number of rotatable bonds is 2. The third-order valence-corrected chi connectivity index (χ3v) is 3.81. The van der Waals surface area contributed by atoms with E-state index in [1.54, 1.807) is 12.3 Å². The summed E-state index contributed by atoms with van der Waals surface area (Å²) in [6.07, 6.45) is 3.22. The number of aromatic nitrogens is 2. The molecule has 0 aliphatic rings. The molecule has 0 fully saturated rings. The summed E-state index contributed by atoms with van der Waals surface area (Å²) in [6, 6.07) is 6.45. The van der Waals surface area contributed by atoms with Crippen molar-refractivity contribution >= 4 is 34.4 Å². The Balaban J connectivity index is 2.26. The SMILES string of the molecule is Fc1cccc(Sc2ncncc2I)c1. The Morgan fingerprint density at radius 1 is 1.33 bits per heavy atom. The van der Waals surface area contributed by atoms with Gasteiger partial charge in [-0.25, -0.2) is 14.4 Å². The molecule has 0 aliphatic heterocycles. The molecule has 15 heavy (non-hydrogen) atoms. The Morgan fingerprint density at radius 2 is 2.20 bits per heavy atom. The van der Waals surface area contributed by atoms with E-state index < -0.39 is 0 Å². The minimum atomic E-state index is -0.232. The first-order chi connectivity index (χ1) is 7.25. The zero-order valence-corrected chi connectivity index (χ0v) is 10.5. The van der Waals surface area contributed by atoms with E-state index in [-0.39, 0.29) is 5.82 Å². The summed E-state index contributed by atoms with van der Waals surface area (Å²) in [5.74, 6) is -0.232. The van der Waals surface area contributed by atoms with Gasteiger partial charge in [-0.3, -0.25) is 0 Å². The Bertz CT molecular complexity index is 478. The van der Waals surface area contributed by atoms with Crippen LogP contribution in [-0.4, -0.2) is 9.97 Å². The Hall–Kier alpha value is -0.690. The lowest BCUT2D eigenvalue weighted by Crippen LogP contribution is -1.86. The Labute approximate surface area is 104 Å². The van der Waals surface area contributed by atoms with Crippen LogP contribution < -0.4 is 0 Å². The van der Waals surface area contributed by atoms with E-state index in [2.05, 4.69) is 32.6 Å². The molecule has 0 spiro atoms. The van der Waals surface area contributed by atoms with Crippen LogP contribution in [0.25, 0.3) is 0 Å². The first kappa shape index (κ1) is 10.8. The first-order valence-corrected chi connectivity index (χ1v) is 6.04. The molecule has 0 radical (unpaired) electrons. The summed E-state index contributed by atoms with van der Waals surface area (Å²) in [6.45, 7) is 0. The molecule has 1 heterocycles. The normalized spacial score (nSPS) is 10.3. The van der Waals surface area contributed by atoms with E-state index in [0.717, 1.165) is 13.5 Å². The standard InChI is InChI=1S/C10H6FIN2S/c11-7-2-1-3-8(4-7)15-10-9(12)5-13-6-14-10/h1-6H. The van der Waals surface area contributed by atoms with Crippen LogP contribution in [0, 0.1) is 9.39 Å². The second kappa shape index (κ2) is 4.89. The Morgan fingerprint density at radius 3 is 2.93 bits per heavy atom. The van der Waals surface area contributed by atoms with Gasteiger partial charge in [-0.15, -0.1) is 0 Å². The van der Waals surface area contributed by atoms with Crippen molar-refractivity contribution in [2.24, 2.45) is 0 Å². The molecule has 0 atom stereocenters. The van der Waals surface area contributed by atoms with Gasteiger partial charge in [0.1, 0.15) is 17.2 Å². The van der Waals surface area contributed by atoms with Gasteiger partial charge in [0, 0.05) is 11.1 Å². The van der Waals surface area contributed by atoms with Crippen molar-refractivity contribution in [3.63, 3.8) is 0 Å². The third-order valence-electron chi connectivity index (χ3n) is 1.64. The molecule has 2 nitrogen and oxygen atoms in total. The number of halogens is 2. The maximum Gasteiger partial charge on any atom is 0.124 e. The van der Waals surface area contributed by atoms with Gasteiger partial charge in [0.2, 0.25) is 0 Å². The molecule has 0 N–H and O–H groups in total. The highest BCUT2D eigenvalue weighted by molar-refractivity contribution is 14.1. The summed E-state index contributed by atoms with van der Waals surface area (Å²) in [4.78, 5) is 8.86. The summed E-state index contributed by atoms with van der Waals surface area (Å²) in [7, 11) is 0. The van der Waals surface area contributed by atoms with Crippen LogP contribution in [0.5, 0.6) is 0 Å². The summed E-state index contributed by atoms with van der Waals surface area (Å²) in [5.41, 5.74) is 0. The molecule has 1 aromatic carbocycles. The molecule has 0 aliphatic carbocycles. The van der Waals surface area contributed by atoms with E-state index in [1.165, 1.54) is 30.2 Å². The van der Waals surface area contributed by atoms with E-state index in [9.17, 15) is 4.39 Å². The molecule has 0 saturated carbocycles. The van der Waals surface area contributed by atoms with Gasteiger partial charge in [0.25, 0.3) is 0 Å². The van der Waals surface area contributed by atoms with Gasteiger partial charge in [-0.1, -0.05) is 17.8 Å². The van der Waals surface area contributed by atoms with Crippen molar-refractivity contribution in [2.75, 3.05) is 0 Å². The van der Waals surface area contributed by atoms with Crippen LogP contribution >= 0.6 is 34.4 Å². The van der Waals surface area contributed by atoms with E-state index in [1.807, 2.05) is 6.07 Å². The van der Waals surface area contributed by atoms with Gasteiger partial charge in [-0.05, 0) is 40.8 Å². The quantitative estimate of drug-likeness (QED) is 0.623. The lowest BCUT2D eigenvalue weighted by Gasteiger charge is -2.01. The second-order valence-corrected chi connectivity index (χ2v) is 4.96. The monoisotopic (exact) mass is 332 g/mol. The van der Waals surface area contributed by atoms with Crippen LogP contribution in [0.15, 0.2) is 46.7 Å². The average Bonchev–Trinajstić information content (AvgIpc) is 2.22. The van der Waals surface area contributed by atoms with Crippen LogP contribution in [0.2, 0.25) is 0 Å². The van der Waals surface area contributed by atoms with Crippen molar-refractivity contribution in [1.82, 2.24) is 9.97 Å². The van der Waals surface area contributed by atoms with Crippen molar-refractivity contribution in [3.8, 4) is 0 Å². The van der Waals surface area contributed by atoms with Gasteiger partial charge >= 0.3 is 0 Å². The van der Waals surface area contributed by atoms with Crippen molar-refractivity contribution in [3.05, 3.63) is 46.2 Å². The minimum Gasteiger partial charge on any atom is -0.244 e. The fourth-order valence-corrected chi connectivity index (χ4v) is 2.44. The predicted octanol–water partition coefficient (Wildman–Crippen LogP) is 3.37. The maximum atomic E-state index is 12.9. The summed E-state index contributed by atoms with van der Waals surface area (Å²) in [5, 5.41) is 0.844. The smallest absolute Gasteiger partial charge is 0.124 e. The molecule has 0 saturated heterocycles. The third kappa shape index (κ3) is 2.88. The molecule has 0 unspecified atom stereocenters. The van der Waals surface area contributed by atoms with Crippen LogP contribution in [-0.2, 0) is 0 Å². The van der Waals surface area contributed by atoms with E-state index in [4.69, 9.17) is 0 Å². The highest BCUT2D eigenvalue weighted by Crippen LogP contribution is 2.28.